The summed E-state index contributed by atoms with van der Waals surface area (Å²) in [5.41, 5.74) is 2.41. The highest BCUT2D eigenvalue weighted by molar-refractivity contribution is 5.92. The van der Waals surface area contributed by atoms with Crippen LogP contribution < -0.4 is 4.74 Å². The Bertz CT molecular complexity index is 1070. The molecule has 1 amide bonds. The Morgan fingerprint density at radius 3 is 2.80 bits per heavy atom. The van der Waals surface area contributed by atoms with Crippen molar-refractivity contribution in [1.29, 1.82) is 0 Å². The standard InChI is InChI=1S/C28H36N2O5/c1-4-6-8-10-11-25-29-24(20(3)35-25)16-18-34-22-14-13-21-15-17-30(26(31)12-9-7-5-2)27(28(32)33)23(21)19-22/h5,7,9,12-14,19,27H,4,6,8,10-11,15-18H2,1-3H3,(H,32,33)/b7-5+,12-9+. The molecule has 1 aromatic heterocycles. The zero-order valence-electron chi connectivity index (χ0n) is 21.0. The fourth-order valence-electron chi connectivity index (χ4n) is 4.33. The highest BCUT2D eigenvalue weighted by Crippen LogP contribution is 2.33. The van der Waals surface area contributed by atoms with E-state index in [1.165, 1.54) is 30.2 Å². The van der Waals surface area contributed by atoms with E-state index in [9.17, 15) is 14.7 Å². The van der Waals surface area contributed by atoms with Gasteiger partial charge in [0.1, 0.15) is 11.5 Å². The van der Waals surface area contributed by atoms with Crippen LogP contribution in [0.1, 0.15) is 74.0 Å². The number of carbonyl (C=O) groups is 2. The number of ether oxygens (including phenoxy) is 1. The number of rotatable bonds is 12. The summed E-state index contributed by atoms with van der Waals surface area (Å²) in [7, 11) is 0. The van der Waals surface area contributed by atoms with E-state index in [-0.39, 0.29) is 5.91 Å². The minimum atomic E-state index is -1.06. The van der Waals surface area contributed by atoms with Crippen molar-refractivity contribution in [1.82, 2.24) is 9.88 Å². The number of carboxylic acid groups (broad SMARTS) is 1. The fourth-order valence-corrected chi connectivity index (χ4v) is 4.33. The molecule has 1 atom stereocenters. The fraction of sp³-hybridized carbons (Fsp3) is 0.464. The number of aliphatic carboxylic acids is 1. The summed E-state index contributed by atoms with van der Waals surface area (Å²) >= 11 is 0. The summed E-state index contributed by atoms with van der Waals surface area (Å²) in [6, 6.07) is 4.46. The van der Waals surface area contributed by atoms with Gasteiger partial charge in [0, 0.05) is 25.5 Å². The number of oxazole rings is 1. The van der Waals surface area contributed by atoms with E-state index in [2.05, 4.69) is 11.9 Å². The first-order valence-corrected chi connectivity index (χ1v) is 12.5. The van der Waals surface area contributed by atoms with Crippen LogP contribution in [0.3, 0.4) is 0 Å². The third-order valence-corrected chi connectivity index (χ3v) is 6.19. The minimum Gasteiger partial charge on any atom is -0.493 e. The number of nitrogens with zero attached hydrogens (tertiary/aromatic N) is 2. The lowest BCUT2D eigenvalue weighted by Crippen LogP contribution is -2.42. The van der Waals surface area contributed by atoms with Gasteiger partial charge in [0.05, 0.1) is 12.3 Å². The summed E-state index contributed by atoms with van der Waals surface area (Å²) in [6.45, 7) is 6.72. The lowest BCUT2D eigenvalue weighted by atomic mass is 9.92. The first-order chi connectivity index (χ1) is 16.9. The number of benzene rings is 1. The topological polar surface area (TPSA) is 92.9 Å². The first kappa shape index (κ1) is 26.3. The zero-order valence-corrected chi connectivity index (χ0v) is 21.0. The molecule has 7 nitrogen and oxygen atoms in total. The van der Waals surface area contributed by atoms with Crippen LogP contribution in [0.4, 0.5) is 0 Å². The Morgan fingerprint density at radius 1 is 1.23 bits per heavy atom. The molecule has 1 unspecified atom stereocenters. The summed E-state index contributed by atoms with van der Waals surface area (Å²) in [5, 5.41) is 9.92. The number of amides is 1. The number of fused-ring (bicyclic) bond motifs is 1. The van der Waals surface area contributed by atoms with Crippen molar-refractivity contribution in [3.8, 4) is 5.75 Å². The molecule has 0 fully saturated rings. The number of allylic oxidation sites excluding steroid dienone is 3. The summed E-state index contributed by atoms with van der Waals surface area (Å²) in [4.78, 5) is 30.8. The molecular formula is C28H36N2O5. The average molecular weight is 481 g/mol. The maximum absolute atomic E-state index is 12.6. The van der Waals surface area contributed by atoms with E-state index in [4.69, 9.17) is 9.15 Å². The highest BCUT2D eigenvalue weighted by Gasteiger charge is 2.35. The molecule has 0 saturated heterocycles. The van der Waals surface area contributed by atoms with Gasteiger partial charge in [-0.05, 0) is 49.9 Å². The molecule has 0 saturated carbocycles. The summed E-state index contributed by atoms with van der Waals surface area (Å²) in [5.74, 6) is 0.797. The van der Waals surface area contributed by atoms with Gasteiger partial charge in [0.2, 0.25) is 5.91 Å². The van der Waals surface area contributed by atoms with Gasteiger partial charge in [-0.2, -0.15) is 0 Å². The molecule has 7 heteroatoms. The molecule has 1 aliphatic rings. The van der Waals surface area contributed by atoms with Crippen molar-refractivity contribution in [2.45, 2.75) is 71.8 Å². The molecule has 0 aliphatic carbocycles. The number of aromatic nitrogens is 1. The largest absolute Gasteiger partial charge is 0.493 e. The molecule has 2 heterocycles. The van der Waals surface area contributed by atoms with Crippen molar-refractivity contribution >= 4 is 11.9 Å². The van der Waals surface area contributed by atoms with Crippen LogP contribution >= 0.6 is 0 Å². The maximum atomic E-state index is 12.6. The van der Waals surface area contributed by atoms with Crippen LogP contribution in [0, 0.1) is 6.92 Å². The van der Waals surface area contributed by atoms with Gasteiger partial charge in [-0.25, -0.2) is 9.78 Å². The predicted molar refractivity (Wildman–Crippen MR) is 134 cm³/mol. The van der Waals surface area contributed by atoms with Gasteiger partial charge < -0.3 is 19.2 Å². The number of carbonyl (C=O) groups excluding carboxylic acids is 1. The Balaban J connectivity index is 1.65. The third kappa shape index (κ3) is 7.07. The monoisotopic (exact) mass is 480 g/mol. The molecule has 0 bridgehead atoms. The number of hydrogen-bond donors (Lipinski definition) is 1. The lowest BCUT2D eigenvalue weighted by Gasteiger charge is -2.34. The van der Waals surface area contributed by atoms with Crippen LogP contribution in [0.25, 0.3) is 0 Å². The Labute approximate surface area is 207 Å². The molecule has 188 valence electrons. The van der Waals surface area contributed by atoms with Crippen LogP contribution in [-0.4, -0.2) is 40.0 Å². The lowest BCUT2D eigenvalue weighted by molar-refractivity contribution is -0.149. The van der Waals surface area contributed by atoms with E-state index in [1.807, 2.05) is 32.1 Å². The van der Waals surface area contributed by atoms with E-state index >= 15 is 0 Å². The van der Waals surface area contributed by atoms with Crippen LogP contribution in [0.15, 0.2) is 46.9 Å². The molecule has 3 rings (SSSR count). The smallest absolute Gasteiger partial charge is 0.331 e. The molecular weight excluding hydrogens is 444 g/mol. The van der Waals surface area contributed by atoms with Crippen molar-refractivity contribution in [2.24, 2.45) is 0 Å². The molecule has 0 radical (unpaired) electrons. The second kappa shape index (κ2) is 12.9. The minimum absolute atomic E-state index is 0.320. The van der Waals surface area contributed by atoms with Crippen molar-refractivity contribution in [3.05, 3.63) is 71.0 Å². The summed E-state index contributed by atoms with van der Waals surface area (Å²) in [6.07, 6.45) is 13.3. The quantitative estimate of drug-likeness (QED) is 0.249. The SMILES string of the molecule is C/C=C/C=C/C(=O)N1CCc2ccc(OCCc3nc(CCCCCC)oc3C)cc2C1C(=O)O. The molecule has 1 aromatic carbocycles. The Kier molecular flexibility index (Phi) is 9.70. The Hall–Kier alpha value is -3.35. The average Bonchev–Trinajstić information content (AvgIpc) is 3.20. The summed E-state index contributed by atoms with van der Waals surface area (Å²) < 4.78 is 11.8. The number of aryl methyl sites for hydroxylation is 2. The van der Waals surface area contributed by atoms with E-state index in [0.717, 1.165) is 35.7 Å². The van der Waals surface area contributed by atoms with Gasteiger partial charge in [0.15, 0.2) is 11.9 Å². The van der Waals surface area contributed by atoms with E-state index in [0.29, 0.717) is 37.3 Å². The second-order valence-corrected chi connectivity index (χ2v) is 8.79. The number of hydrogen-bond acceptors (Lipinski definition) is 5. The van der Waals surface area contributed by atoms with Crippen molar-refractivity contribution in [2.75, 3.05) is 13.2 Å². The van der Waals surface area contributed by atoms with E-state index < -0.39 is 12.0 Å². The number of unbranched alkanes of at least 4 members (excludes halogenated alkanes) is 3. The molecule has 1 aliphatic heterocycles. The molecule has 0 spiro atoms. The van der Waals surface area contributed by atoms with Gasteiger partial charge in [-0.1, -0.05) is 50.5 Å². The highest BCUT2D eigenvalue weighted by atomic mass is 16.5. The van der Waals surface area contributed by atoms with Crippen LogP contribution in [-0.2, 0) is 28.9 Å². The predicted octanol–water partition coefficient (Wildman–Crippen LogP) is 5.37. The number of carboxylic acids is 1. The normalized spacial score (nSPS) is 15.6. The molecule has 35 heavy (non-hydrogen) atoms. The Morgan fingerprint density at radius 2 is 2.06 bits per heavy atom. The van der Waals surface area contributed by atoms with Crippen molar-refractivity contribution in [3.63, 3.8) is 0 Å². The third-order valence-electron chi connectivity index (χ3n) is 6.19. The van der Waals surface area contributed by atoms with Crippen LogP contribution in [0.2, 0.25) is 0 Å². The van der Waals surface area contributed by atoms with Gasteiger partial charge in [-0.3, -0.25) is 4.79 Å². The van der Waals surface area contributed by atoms with Gasteiger partial charge in [0.25, 0.3) is 0 Å². The molecule has 2 aromatic rings. The first-order valence-electron chi connectivity index (χ1n) is 12.5. The zero-order chi connectivity index (χ0) is 25.2. The van der Waals surface area contributed by atoms with E-state index in [1.54, 1.807) is 18.2 Å². The van der Waals surface area contributed by atoms with Gasteiger partial charge >= 0.3 is 5.97 Å². The molecule has 1 N–H and O–H groups in total. The van der Waals surface area contributed by atoms with Gasteiger partial charge in [-0.15, -0.1) is 0 Å². The van der Waals surface area contributed by atoms with Crippen molar-refractivity contribution < 1.29 is 23.8 Å². The second-order valence-electron chi connectivity index (χ2n) is 8.79. The maximum Gasteiger partial charge on any atom is 0.331 e. The van der Waals surface area contributed by atoms with Crippen LogP contribution in [0.5, 0.6) is 5.75 Å².